The van der Waals surface area contributed by atoms with Crippen molar-refractivity contribution in [3.05, 3.63) is 30.3 Å². The molecular formula is C18H27N3S. The summed E-state index contributed by atoms with van der Waals surface area (Å²) in [6, 6.07) is 11.3. The fourth-order valence-electron chi connectivity index (χ4n) is 3.59. The predicted octanol–water partition coefficient (Wildman–Crippen LogP) is 3.26. The minimum Gasteiger partial charge on any atom is -0.368 e. The fraction of sp³-hybridized carbons (Fsp3) is 0.611. The van der Waals surface area contributed by atoms with Gasteiger partial charge in [0.05, 0.1) is 0 Å². The Morgan fingerprint density at radius 3 is 2.41 bits per heavy atom. The van der Waals surface area contributed by atoms with E-state index in [1.54, 1.807) is 0 Å². The molecule has 0 amide bonds. The van der Waals surface area contributed by atoms with Crippen molar-refractivity contribution < 1.29 is 0 Å². The Hall–Kier alpha value is -1.29. The van der Waals surface area contributed by atoms with Gasteiger partial charge in [0.1, 0.15) is 0 Å². The lowest BCUT2D eigenvalue weighted by Gasteiger charge is -2.39. The number of para-hydroxylation sites is 1. The van der Waals surface area contributed by atoms with Crippen LogP contribution in [0.15, 0.2) is 30.3 Å². The SMILES string of the molecule is C[C@H]1CCCC[C@H]1NC(=S)N1CCN(c2ccccc2)CC1. The first kappa shape index (κ1) is 15.6. The van der Waals surface area contributed by atoms with Crippen LogP contribution in [0.4, 0.5) is 5.69 Å². The maximum Gasteiger partial charge on any atom is 0.169 e. The summed E-state index contributed by atoms with van der Waals surface area (Å²) in [6.07, 6.45) is 5.32. The molecule has 3 rings (SSSR count). The molecule has 1 aliphatic carbocycles. The van der Waals surface area contributed by atoms with Gasteiger partial charge in [-0.3, -0.25) is 0 Å². The molecule has 1 N–H and O–H groups in total. The number of hydrogen-bond donors (Lipinski definition) is 1. The molecule has 4 heteroatoms. The lowest BCUT2D eigenvalue weighted by atomic mass is 9.86. The first-order chi connectivity index (χ1) is 10.7. The first-order valence-electron chi connectivity index (χ1n) is 8.59. The van der Waals surface area contributed by atoms with E-state index in [0.29, 0.717) is 6.04 Å². The molecule has 0 radical (unpaired) electrons. The second-order valence-corrected chi connectivity index (χ2v) is 7.01. The third-order valence-corrected chi connectivity index (χ3v) is 5.48. The number of hydrogen-bond acceptors (Lipinski definition) is 2. The van der Waals surface area contributed by atoms with Crippen molar-refractivity contribution in [2.75, 3.05) is 31.1 Å². The second kappa shape index (κ2) is 7.32. The lowest BCUT2D eigenvalue weighted by molar-refractivity contribution is 0.293. The standard InChI is InChI=1S/C18H27N3S/c1-15-7-5-6-10-17(15)19-18(22)21-13-11-20(12-14-21)16-8-3-2-4-9-16/h2-4,8-9,15,17H,5-7,10-14H2,1H3,(H,19,22)/t15-,17+/m0/s1. The summed E-state index contributed by atoms with van der Waals surface area (Å²) in [7, 11) is 0. The third-order valence-electron chi connectivity index (χ3n) is 5.11. The van der Waals surface area contributed by atoms with Crippen LogP contribution in [0.1, 0.15) is 32.6 Å². The average molecular weight is 318 g/mol. The highest BCUT2D eigenvalue weighted by molar-refractivity contribution is 7.80. The highest BCUT2D eigenvalue weighted by Gasteiger charge is 2.25. The molecule has 0 bridgehead atoms. The van der Waals surface area contributed by atoms with Gasteiger partial charge >= 0.3 is 0 Å². The molecule has 1 aromatic rings. The van der Waals surface area contributed by atoms with Gasteiger partial charge < -0.3 is 15.1 Å². The van der Waals surface area contributed by atoms with Crippen molar-refractivity contribution in [3.63, 3.8) is 0 Å². The Morgan fingerprint density at radius 2 is 1.73 bits per heavy atom. The molecule has 1 saturated heterocycles. The number of thiocarbonyl (C=S) groups is 1. The van der Waals surface area contributed by atoms with Crippen molar-refractivity contribution in [1.82, 2.24) is 10.2 Å². The van der Waals surface area contributed by atoms with E-state index in [1.165, 1.54) is 31.4 Å². The fourth-order valence-corrected chi connectivity index (χ4v) is 3.92. The maximum absolute atomic E-state index is 5.66. The molecule has 120 valence electrons. The molecule has 1 aliphatic heterocycles. The Bertz CT molecular complexity index is 482. The van der Waals surface area contributed by atoms with E-state index in [2.05, 4.69) is 52.4 Å². The number of piperazine rings is 1. The van der Waals surface area contributed by atoms with Crippen LogP contribution in [0.3, 0.4) is 0 Å². The zero-order chi connectivity index (χ0) is 15.4. The van der Waals surface area contributed by atoms with Crippen LogP contribution in [-0.2, 0) is 0 Å². The Kier molecular flexibility index (Phi) is 5.19. The van der Waals surface area contributed by atoms with Crippen molar-refractivity contribution in [2.24, 2.45) is 5.92 Å². The molecule has 2 atom stereocenters. The van der Waals surface area contributed by atoms with Gasteiger partial charge in [-0.25, -0.2) is 0 Å². The van der Waals surface area contributed by atoms with Crippen LogP contribution >= 0.6 is 12.2 Å². The van der Waals surface area contributed by atoms with Gasteiger partial charge in [-0.1, -0.05) is 38.0 Å². The monoisotopic (exact) mass is 317 g/mol. The predicted molar refractivity (Wildman–Crippen MR) is 97.4 cm³/mol. The minimum atomic E-state index is 0.577. The molecule has 0 unspecified atom stereocenters. The maximum atomic E-state index is 5.66. The van der Waals surface area contributed by atoms with Gasteiger partial charge in [0.2, 0.25) is 0 Å². The number of benzene rings is 1. The highest BCUT2D eigenvalue weighted by atomic mass is 32.1. The summed E-state index contributed by atoms with van der Waals surface area (Å²) >= 11 is 5.66. The van der Waals surface area contributed by atoms with E-state index in [0.717, 1.165) is 37.2 Å². The van der Waals surface area contributed by atoms with Crippen LogP contribution in [0.2, 0.25) is 0 Å². The van der Waals surface area contributed by atoms with E-state index < -0.39 is 0 Å². The summed E-state index contributed by atoms with van der Waals surface area (Å²) in [5.74, 6) is 0.748. The van der Waals surface area contributed by atoms with Gasteiger partial charge in [0.25, 0.3) is 0 Å². The summed E-state index contributed by atoms with van der Waals surface area (Å²) < 4.78 is 0. The number of rotatable bonds is 2. The van der Waals surface area contributed by atoms with E-state index in [-0.39, 0.29) is 0 Å². The van der Waals surface area contributed by atoms with Crippen molar-refractivity contribution >= 4 is 23.0 Å². The number of nitrogens with zero attached hydrogens (tertiary/aromatic N) is 2. The molecule has 1 heterocycles. The van der Waals surface area contributed by atoms with Gasteiger partial charge in [-0.05, 0) is 43.1 Å². The summed E-state index contributed by atoms with van der Waals surface area (Å²) in [5.41, 5.74) is 1.32. The second-order valence-electron chi connectivity index (χ2n) is 6.63. The molecular weight excluding hydrogens is 290 g/mol. The van der Waals surface area contributed by atoms with E-state index in [1.807, 2.05) is 0 Å². The van der Waals surface area contributed by atoms with Crippen LogP contribution < -0.4 is 10.2 Å². The number of anilines is 1. The largest absolute Gasteiger partial charge is 0.368 e. The smallest absolute Gasteiger partial charge is 0.169 e. The summed E-state index contributed by atoms with van der Waals surface area (Å²) in [6.45, 7) is 6.48. The molecule has 2 fully saturated rings. The molecule has 22 heavy (non-hydrogen) atoms. The molecule has 1 aromatic carbocycles. The van der Waals surface area contributed by atoms with Gasteiger partial charge in [0.15, 0.2) is 5.11 Å². The van der Waals surface area contributed by atoms with E-state index in [4.69, 9.17) is 12.2 Å². The van der Waals surface area contributed by atoms with Gasteiger partial charge in [-0.15, -0.1) is 0 Å². The quantitative estimate of drug-likeness (QED) is 0.844. The average Bonchev–Trinajstić information content (AvgIpc) is 2.58. The zero-order valence-corrected chi connectivity index (χ0v) is 14.3. The summed E-state index contributed by atoms with van der Waals surface area (Å²) in [4.78, 5) is 4.79. The van der Waals surface area contributed by atoms with E-state index >= 15 is 0 Å². The van der Waals surface area contributed by atoms with Crippen LogP contribution in [0.25, 0.3) is 0 Å². The molecule has 2 aliphatic rings. The first-order valence-corrected chi connectivity index (χ1v) is 9.00. The van der Waals surface area contributed by atoms with Crippen molar-refractivity contribution in [3.8, 4) is 0 Å². The topological polar surface area (TPSA) is 18.5 Å². The van der Waals surface area contributed by atoms with E-state index in [9.17, 15) is 0 Å². The lowest BCUT2D eigenvalue weighted by Crippen LogP contribution is -2.54. The molecule has 1 saturated carbocycles. The molecule has 0 spiro atoms. The summed E-state index contributed by atoms with van der Waals surface area (Å²) in [5, 5.41) is 4.60. The van der Waals surface area contributed by atoms with Crippen LogP contribution in [-0.4, -0.2) is 42.2 Å². The Balaban J connectivity index is 1.49. The van der Waals surface area contributed by atoms with Gasteiger partial charge in [0, 0.05) is 37.9 Å². The van der Waals surface area contributed by atoms with Crippen LogP contribution in [0, 0.1) is 5.92 Å². The van der Waals surface area contributed by atoms with Crippen molar-refractivity contribution in [2.45, 2.75) is 38.6 Å². The minimum absolute atomic E-state index is 0.577. The Morgan fingerprint density at radius 1 is 1.05 bits per heavy atom. The molecule has 0 aromatic heterocycles. The zero-order valence-electron chi connectivity index (χ0n) is 13.5. The molecule has 3 nitrogen and oxygen atoms in total. The normalized spacial score (nSPS) is 25.9. The Labute approximate surface area is 139 Å². The third kappa shape index (κ3) is 3.72. The van der Waals surface area contributed by atoms with Crippen molar-refractivity contribution in [1.29, 1.82) is 0 Å². The van der Waals surface area contributed by atoms with Crippen LogP contribution in [0.5, 0.6) is 0 Å². The number of nitrogens with one attached hydrogen (secondary N) is 1. The van der Waals surface area contributed by atoms with Gasteiger partial charge in [-0.2, -0.15) is 0 Å². The highest BCUT2D eigenvalue weighted by Crippen LogP contribution is 2.24.